The van der Waals surface area contributed by atoms with Gasteiger partial charge in [-0.2, -0.15) is 0 Å². The highest BCUT2D eigenvalue weighted by molar-refractivity contribution is 6.00. The Bertz CT molecular complexity index is 2810. The maximum Gasteiger partial charge on any atom is 0.0714 e. The molecule has 0 saturated heterocycles. The van der Waals surface area contributed by atoms with Gasteiger partial charge in [-0.15, -0.1) is 0 Å². The second kappa shape index (κ2) is 14.3. The highest BCUT2D eigenvalue weighted by atomic mass is 15.1. The fourth-order valence-electron chi connectivity index (χ4n) is 11.7. The zero-order valence-electron chi connectivity index (χ0n) is 34.4. The summed E-state index contributed by atoms with van der Waals surface area (Å²) in [7, 11) is 0. The van der Waals surface area contributed by atoms with Crippen molar-refractivity contribution in [1.29, 1.82) is 0 Å². The van der Waals surface area contributed by atoms with Crippen molar-refractivity contribution in [2.45, 2.75) is 63.7 Å². The summed E-state index contributed by atoms with van der Waals surface area (Å²) in [5, 5.41) is 2.50. The second-order valence-corrected chi connectivity index (χ2v) is 17.9. The summed E-state index contributed by atoms with van der Waals surface area (Å²) >= 11 is 0. The molecule has 0 radical (unpaired) electrons. The molecule has 0 spiro atoms. The monoisotopic (exact) mass is 761 g/mol. The normalized spacial score (nSPS) is 18.6. The average Bonchev–Trinajstić information content (AvgIpc) is 4.00. The van der Waals surface area contributed by atoms with Crippen LogP contribution < -0.4 is 4.90 Å². The molecular weight excluding hydrogens is 711 g/mol. The fourth-order valence-corrected chi connectivity index (χ4v) is 11.7. The van der Waals surface area contributed by atoms with Gasteiger partial charge >= 0.3 is 0 Å². The lowest BCUT2D eigenvalue weighted by atomic mass is 9.67. The topological polar surface area (TPSA) is 3.24 Å². The summed E-state index contributed by atoms with van der Waals surface area (Å²) in [4.78, 5) is 2.60. The molecular formula is C58H51N. The first kappa shape index (κ1) is 35.9. The van der Waals surface area contributed by atoms with Gasteiger partial charge in [-0.25, -0.2) is 0 Å². The Hall–Kier alpha value is -6.18. The molecule has 0 heterocycles. The molecule has 59 heavy (non-hydrogen) atoms. The minimum Gasteiger partial charge on any atom is -0.310 e. The first-order valence-electron chi connectivity index (χ1n) is 21.9. The summed E-state index contributed by atoms with van der Waals surface area (Å²) in [5.74, 6) is 2.70. The van der Waals surface area contributed by atoms with Gasteiger partial charge in [-0.3, -0.25) is 0 Å². The number of fused-ring (bicyclic) bond motifs is 6. The number of rotatable bonds is 8. The van der Waals surface area contributed by atoms with Gasteiger partial charge in [-0.1, -0.05) is 166 Å². The van der Waals surface area contributed by atoms with Crippen molar-refractivity contribution in [2.24, 2.45) is 11.8 Å². The van der Waals surface area contributed by atoms with E-state index in [1.54, 1.807) is 0 Å². The maximum atomic E-state index is 2.60. The van der Waals surface area contributed by atoms with E-state index in [9.17, 15) is 0 Å². The van der Waals surface area contributed by atoms with Crippen LogP contribution in [0.5, 0.6) is 0 Å². The van der Waals surface area contributed by atoms with Crippen molar-refractivity contribution >= 4 is 27.8 Å². The third-order valence-corrected chi connectivity index (χ3v) is 14.3. The number of nitrogens with zero attached hydrogens (tertiary/aromatic N) is 1. The lowest BCUT2D eigenvalue weighted by molar-refractivity contribution is 0.420. The van der Waals surface area contributed by atoms with Crippen LogP contribution in [0.1, 0.15) is 90.3 Å². The summed E-state index contributed by atoms with van der Waals surface area (Å²) in [6, 6.07) is 69.3. The summed E-state index contributed by atoms with van der Waals surface area (Å²) < 4.78 is 0. The molecule has 1 heteroatoms. The fraction of sp³-hybridized carbons (Fsp3) is 0.207. The Morgan fingerprint density at radius 2 is 1.20 bits per heavy atom. The van der Waals surface area contributed by atoms with Crippen molar-refractivity contribution in [2.75, 3.05) is 4.90 Å². The summed E-state index contributed by atoms with van der Waals surface area (Å²) in [5.41, 5.74) is 17.8. The van der Waals surface area contributed by atoms with E-state index in [2.05, 4.69) is 208 Å². The van der Waals surface area contributed by atoms with E-state index in [1.807, 2.05) is 0 Å². The smallest absolute Gasteiger partial charge is 0.0714 e. The number of aryl methyl sites for hydroxylation is 1. The van der Waals surface area contributed by atoms with E-state index in [0.29, 0.717) is 11.8 Å². The van der Waals surface area contributed by atoms with Crippen LogP contribution in [0.25, 0.3) is 33.0 Å². The molecule has 2 saturated carbocycles. The lowest BCUT2D eigenvalue weighted by Gasteiger charge is -2.35. The molecule has 0 aliphatic heterocycles. The third kappa shape index (κ3) is 5.73. The Morgan fingerprint density at radius 3 is 1.92 bits per heavy atom. The molecule has 0 aromatic heterocycles. The van der Waals surface area contributed by atoms with E-state index >= 15 is 0 Å². The van der Waals surface area contributed by atoms with Gasteiger partial charge in [0.25, 0.3) is 0 Å². The Kier molecular flexibility index (Phi) is 8.70. The number of hydrogen-bond donors (Lipinski definition) is 0. The molecule has 2 bridgehead atoms. The third-order valence-electron chi connectivity index (χ3n) is 14.3. The standard InChI is InChI=1S/C58H51N/c1-38(2)49-25-12-13-26-50(49)53-35-41-17-10-11-18-42(41)36-56(53)59(47-24-15-19-43(34-47)52-33-40-28-29-44(52)32-40)48-30-31-51-55(37-48)58(45-20-6-4-7-21-45,46-22-8-5-9-23-46)54-27-14-16-39(3)57(51)54/h4-27,30-31,34-38,40,44,52H,28-29,32-33H2,1-3H3. The number of benzene rings is 8. The van der Waals surface area contributed by atoms with E-state index in [4.69, 9.17) is 0 Å². The zero-order valence-corrected chi connectivity index (χ0v) is 34.4. The minimum atomic E-state index is -0.498. The van der Waals surface area contributed by atoms with Gasteiger partial charge in [0.2, 0.25) is 0 Å². The lowest BCUT2D eigenvalue weighted by Crippen LogP contribution is -2.28. The van der Waals surface area contributed by atoms with E-state index < -0.39 is 5.41 Å². The van der Waals surface area contributed by atoms with Crippen molar-refractivity contribution in [3.8, 4) is 22.3 Å². The summed E-state index contributed by atoms with van der Waals surface area (Å²) in [6.07, 6.45) is 5.50. The molecule has 8 aromatic rings. The number of hydrogen-bond acceptors (Lipinski definition) is 1. The molecule has 8 aromatic carbocycles. The SMILES string of the molecule is Cc1cccc2c1-c1ccc(N(c3cccc(C4CC5CCC4C5)c3)c3cc4ccccc4cc3-c3ccccc3C(C)C)cc1C2(c1ccccc1)c1ccccc1. The van der Waals surface area contributed by atoms with Crippen LogP contribution in [0.2, 0.25) is 0 Å². The first-order valence-corrected chi connectivity index (χ1v) is 21.9. The Morgan fingerprint density at radius 1 is 0.525 bits per heavy atom. The van der Waals surface area contributed by atoms with Crippen LogP contribution in [0.15, 0.2) is 182 Å². The van der Waals surface area contributed by atoms with Crippen molar-refractivity contribution in [3.63, 3.8) is 0 Å². The molecule has 11 rings (SSSR count). The van der Waals surface area contributed by atoms with E-state index in [-0.39, 0.29) is 0 Å². The first-order chi connectivity index (χ1) is 29.0. The molecule has 2 fully saturated rings. The zero-order chi connectivity index (χ0) is 39.7. The average molecular weight is 762 g/mol. The molecule has 3 aliphatic carbocycles. The summed E-state index contributed by atoms with van der Waals surface area (Å²) in [6.45, 7) is 6.93. The van der Waals surface area contributed by atoms with Crippen molar-refractivity contribution < 1.29 is 0 Å². The van der Waals surface area contributed by atoms with Gasteiger partial charge in [0.15, 0.2) is 0 Å². The van der Waals surface area contributed by atoms with Gasteiger partial charge in [0, 0.05) is 16.9 Å². The predicted molar refractivity (Wildman–Crippen MR) is 248 cm³/mol. The quantitative estimate of drug-likeness (QED) is 0.149. The van der Waals surface area contributed by atoms with Crippen LogP contribution in [0.4, 0.5) is 17.1 Å². The van der Waals surface area contributed by atoms with Crippen molar-refractivity contribution in [3.05, 3.63) is 221 Å². The van der Waals surface area contributed by atoms with Gasteiger partial charge < -0.3 is 4.90 Å². The van der Waals surface area contributed by atoms with Crippen LogP contribution in [0.3, 0.4) is 0 Å². The molecule has 1 nitrogen and oxygen atoms in total. The molecule has 288 valence electrons. The van der Waals surface area contributed by atoms with Gasteiger partial charge in [0.1, 0.15) is 0 Å². The second-order valence-electron chi connectivity index (χ2n) is 17.9. The highest BCUT2D eigenvalue weighted by Gasteiger charge is 2.47. The Labute approximate surface area is 350 Å². The molecule has 3 aliphatic rings. The molecule has 0 amide bonds. The van der Waals surface area contributed by atoms with E-state index in [1.165, 1.54) is 115 Å². The van der Waals surface area contributed by atoms with Crippen LogP contribution in [-0.2, 0) is 5.41 Å². The molecule has 0 N–H and O–H groups in total. The molecule has 3 atom stereocenters. The molecule has 3 unspecified atom stereocenters. The van der Waals surface area contributed by atoms with E-state index in [0.717, 1.165) is 11.8 Å². The predicted octanol–water partition coefficient (Wildman–Crippen LogP) is 15.7. The maximum absolute atomic E-state index is 2.60. The van der Waals surface area contributed by atoms with Crippen LogP contribution in [-0.4, -0.2) is 0 Å². The minimum absolute atomic E-state index is 0.374. The largest absolute Gasteiger partial charge is 0.310 e. The highest BCUT2D eigenvalue weighted by Crippen LogP contribution is 2.59. The van der Waals surface area contributed by atoms with Crippen LogP contribution >= 0.6 is 0 Å². The van der Waals surface area contributed by atoms with Gasteiger partial charge in [-0.05, 0) is 153 Å². The van der Waals surface area contributed by atoms with Gasteiger partial charge in [0.05, 0.1) is 11.1 Å². The Balaban J connectivity index is 1.22. The number of anilines is 3. The van der Waals surface area contributed by atoms with Crippen LogP contribution in [0, 0.1) is 18.8 Å². The van der Waals surface area contributed by atoms with Crippen molar-refractivity contribution in [1.82, 2.24) is 0 Å².